The van der Waals surface area contributed by atoms with Crippen LogP contribution in [0.1, 0.15) is 40.3 Å². The largest absolute Gasteiger partial charge is 0.494 e. The van der Waals surface area contributed by atoms with Gasteiger partial charge in [-0.25, -0.2) is 4.68 Å². The molecule has 0 aliphatic carbocycles. The number of nitrogens with zero attached hydrogens (tertiary/aromatic N) is 2. The first kappa shape index (κ1) is 23.8. The fourth-order valence-corrected chi connectivity index (χ4v) is 3.30. The number of rotatable bonds is 10. The monoisotopic (exact) mass is 456 g/mol. The minimum Gasteiger partial charge on any atom is -0.494 e. The van der Waals surface area contributed by atoms with Gasteiger partial charge in [-0.1, -0.05) is 23.7 Å². The van der Waals surface area contributed by atoms with Crippen molar-refractivity contribution in [3.05, 3.63) is 59.2 Å². The summed E-state index contributed by atoms with van der Waals surface area (Å²) in [5.74, 6) is 1.36. The van der Waals surface area contributed by atoms with E-state index in [0.29, 0.717) is 35.4 Å². The number of Topliss-reactive ketones (excluding diaryl/α,β-unsaturated/α-hetero) is 1. The van der Waals surface area contributed by atoms with E-state index in [1.807, 2.05) is 62.4 Å². The van der Waals surface area contributed by atoms with Gasteiger partial charge in [0, 0.05) is 11.6 Å². The number of carbonyl (C=O) groups is 1. The Balaban J connectivity index is 2.10. The summed E-state index contributed by atoms with van der Waals surface area (Å²) in [6, 6.07) is 15.2. The minimum absolute atomic E-state index is 0.0472. The molecule has 0 aliphatic heterocycles. The van der Waals surface area contributed by atoms with Crippen LogP contribution in [0.3, 0.4) is 0 Å². The van der Waals surface area contributed by atoms with Gasteiger partial charge in [-0.15, -0.1) is 0 Å². The molecule has 1 heterocycles. The van der Waals surface area contributed by atoms with Crippen molar-refractivity contribution in [2.45, 2.75) is 46.8 Å². The summed E-state index contributed by atoms with van der Waals surface area (Å²) >= 11 is 6.49. The topological polar surface area (TPSA) is 62.6 Å². The summed E-state index contributed by atoms with van der Waals surface area (Å²) in [7, 11) is 0. The van der Waals surface area contributed by atoms with E-state index in [4.69, 9.17) is 30.9 Å². The maximum absolute atomic E-state index is 11.8. The Morgan fingerprint density at radius 2 is 1.66 bits per heavy atom. The molecule has 0 aliphatic rings. The van der Waals surface area contributed by atoms with E-state index >= 15 is 0 Å². The number of halogens is 1. The van der Waals surface area contributed by atoms with Gasteiger partial charge in [-0.2, -0.15) is 5.10 Å². The standard InChI is InChI=1S/C25H29ClN2O4/c1-6-30-20-12-18(13-21(15-20)31-7-2)24-14-19(16-32-25(4,5)17(3)29)27-28(24)23-11-9-8-10-22(23)26/h8-15H,6-7,16H2,1-5H3. The van der Waals surface area contributed by atoms with E-state index in [9.17, 15) is 4.79 Å². The van der Waals surface area contributed by atoms with Crippen molar-refractivity contribution in [2.24, 2.45) is 0 Å². The molecule has 0 spiro atoms. The second kappa shape index (κ2) is 10.2. The Labute approximate surface area is 194 Å². The molecule has 0 N–H and O–H groups in total. The first-order valence-corrected chi connectivity index (χ1v) is 11.0. The lowest BCUT2D eigenvalue weighted by Gasteiger charge is -2.21. The van der Waals surface area contributed by atoms with E-state index in [2.05, 4.69) is 0 Å². The molecule has 0 radical (unpaired) electrons. The summed E-state index contributed by atoms with van der Waals surface area (Å²) in [6.45, 7) is 10.2. The van der Waals surface area contributed by atoms with Gasteiger partial charge in [-0.05, 0) is 65.0 Å². The van der Waals surface area contributed by atoms with Crippen LogP contribution in [0.25, 0.3) is 16.9 Å². The van der Waals surface area contributed by atoms with E-state index in [1.54, 1.807) is 18.5 Å². The highest BCUT2D eigenvalue weighted by atomic mass is 35.5. The Hall–Kier alpha value is -2.83. The van der Waals surface area contributed by atoms with Crippen molar-refractivity contribution < 1.29 is 19.0 Å². The molecule has 3 aromatic rings. The number of hydrogen-bond acceptors (Lipinski definition) is 5. The van der Waals surface area contributed by atoms with Gasteiger partial charge in [-0.3, -0.25) is 4.79 Å². The molecule has 0 fully saturated rings. The fraction of sp³-hybridized carbons (Fsp3) is 0.360. The number of benzene rings is 2. The van der Waals surface area contributed by atoms with Crippen LogP contribution in [0, 0.1) is 0 Å². The quantitative estimate of drug-likeness (QED) is 0.381. The number of carbonyl (C=O) groups excluding carboxylic acids is 1. The first-order valence-electron chi connectivity index (χ1n) is 10.6. The molecule has 0 saturated carbocycles. The molecule has 170 valence electrons. The Morgan fingerprint density at radius 3 is 2.22 bits per heavy atom. The van der Waals surface area contributed by atoms with Crippen molar-refractivity contribution in [1.82, 2.24) is 9.78 Å². The number of hydrogen-bond donors (Lipinski definition) is 0. The molecule has 1 aromatic heterocycles. The van der Waals surface area contributed by atoms with E-state index in [1.165, 1.54) is 6.92 Å². The Kier molecular flexibility index (Phi) is 7.59. The number of ketones is 1. The van der Waals surface area contributed by atoms with E-state index in [-0.39, 0.29) is 12.4 Å². The summed E-state index contributed by atoms with van der Waals surface area (Å²) in [5, 5.41) is 5.31. The minimum atomic E-state index is -0.897. The van der Waals surface area contributed by atoms with Gasteiger partial charge in [0.15, 0.2) is 5.78 Å². The average Bonchev–Trinajstić information content (AvgIpc) is 3.17. The molecule has 0 saturated heterocycles. The maximum Gasteiger partial charge on any atom is 0.161 e. The molecule has 3 rings (SSSR count). The lowest BCUT2D eigenvalue weighted by Crippen LogP contribution is -2.32. The van der Waals surface area contributed by atoms with Gasteiger partial charge in [0.05, 0.1) is 41.9 Å². The van der Waals surface area contributed by atoms with Crippen LogP contribution in [-0.4, -0.2) is 34.4 Å². The molecule has 0 amide bonds. The van der Waals surface area contributed by atoms with Gasteiger partial charge in [0.25, 0.3) is 0 Å². The maximum atomic E-state index is 11.8. The summed E-state index contributed by atoms with van der Waals surface area (Å²) in [6.07, 6.45) is 0. The van der Waals surface area contributed by atoms with E-state index < -0.39 is 5.60 Å². The van der Waals surface area contributed by atoms with Crippen LogP contribution in [0.2, 0.25) is 5.02 Å². The highest BCUT2D eigenvalue weighted by molar-refractivity contribution is 6.32. The first-order chi connectivity index (χ1) is 15.2. The molecule has 6 nitrogen and oxygen atoms in total. The normalized spacial score (nSPS) is 11.4. The highest BCUT2D eigenvalue weighted by Crippen LogP contribution is 2.33. The number of ether oxygens (including phenoxy) is 3. The molecular formula is C25H29ClN2O4. The number of aromatic nitrogens is 2. The van der Waals surface area contributed by atoms with Crippen LogP contribution in [0.5, 0.6) is 11.5 Å². The molecule has 32 heavy (non-hydrogen) atoms. The molecule has 2 aromatic carbocycles. The zero-order valence-electron chi connectivity index (χ0n) is 19.1. The second-order valence-corrected chi connectivity index (χ2v) is 8.21. The Bertz CT molecular complexity index is 1070. The predicted octanol–water partition coefficient (Wildman–Crippen LogP) is 5.87. The van der Waals surface area contributed by atoms with Crippen LogP contribution in [0.4, 0.5) is 0 Å². The SMILES string of the molecule is CCOc1cc(OCC)cc(-c2cc(COC(C)(C)C(C)=O)nn2-c2ccccc2Cl)c1. The van der Waals surface area contributed by atoms with Crippen LogP contribution in [0.15, 0.2) is 48.5 Å². The molecule has 0 unspecified atom stereocenters. The Morgan fingerprint density at radius 1 is 1.03 bits per heavy atom. The van der Waals surface area contributed by atoms with Gasteiger partial charge in [0.2, 0.25) is 0 Å². The van der Waals surface area contributed by atoms with Gasteiger partial charge < -0.3 is 14.2 Å². The van der Waals surface area contributed by atoms with Crippen LogP contribution < -0.4 is 9.47 Å². The van der Waals surface area contributed by atoms with Gasteiger partial charge in [0.1, 0.15) is 17.1 Å². The summed E-state index contributed by atoms with van der Waals surface area (Å²) in [5.41, 5.74) is 2.18. The van der Waals surface area contributed by atoms with Gasteiger partial charge >= 0.3 is 0 Å². The third kappa shape index (κ3) is 5.50. The smallest absolute Gasteiger partial charge is 0.161 e. The lowest BCUT2D eigenvalue weighted by molar-refractivity contribution is -0.139. The zero-order chi connectivity index (χ0) is 23.3. The van der Waals surface area contributed by atoms with Crippen molar-refractivity contribution in [2.75, 3.05) is 13.2 Å². The lowest BCUT2D eigenvalue weighted by atomic mass is 10.1. The second-order valence-electron chi connectivity index (χ2n) is 7.80. The third-order valence-corrected chi connectivity index (χ3v) is 5.39. The van der Waals surface area contributed by atoms with Crippen LogP contribution >= 0.6 is 11.6 Å². The van der Waals surface area contributed by atoms with Crippen molar-refractivity contribution in [1.29, 1.82) is 0 Å². The number of para-hydroxylation sites is 1. The zero-order valence-corrected chi connectivity index (χ0v) is 19.9. The molecule has 7 heteroatoms. The van der Waals surface area contributed by atoms with E-state index in [0.717, 1.165) is 16.9 Å². The van der Waals surface area contributed by atoms with Crippen LogP contribution in [-0.2, 0) is 16.1 Å². The predicted molar refractivity (Wildman–Crippen MR) is 126 cm³/mol. The third-order valence-electron chi connectivity index (χ3n) is 5.07. The molecule has 0 bridgehead atoms. The summed E-state index contributed by atoms with van der Waals surface area (Å²) < 4.78 is 19.1. The van der Waals surface area contributed by atoms with Crippen molar-refractivity contribution in [3.8, 4) is 28.4 Å². The van der Waals surface area contributed by atoms with Crippen molar-refractivity contribution >= 4 is 17.4 Å². The fourth-order valence-electron chi connectivity index (χ4n) is 3.09. The highest BCUT2D eigenvalue weighted by Gasteiger charge is 2.25. The average molecular weight is 457 g/mol. The van der Waals surface area contributed by atoms with Crippen molar-refractivity contribution in [3.63, 3.8) is 0 Å². The molecule has 0 atom stereocenters. The summed E-state index contributed by atoms with van der Waals surface area (Å²) in [4.78, 5) is 11.8. The molecular weight excluding hydrogens is 428 g/mol.